The number of carbonyl (C=O) groups excluding carboxylic acids is 1. The maximum atomic E-state index is 12.2. The predicted molar refractivity (Wildman–Crippen MR) is 102 cm³/mol. The summed E-state index contributed by atoms with van der Waals surface area (Å²) >= 11 is 0. The van der Waals surface area contributed by atoms with Crippen LogP contribution < -0.4 is 21.3 Å². The van der Waals surface area contributed by atoms with Gasteiger partial charge in [0.1, 0.15) is 11.9 Å². The van der Waals surface area contributed by atoms with Gasteiger partial charge in [0, 0.05) is 24.7 Å². The van der Waals surface area contributed by atoms with Crippen molar-refractivity contribution in [1.82, 2.24) is 30.8 Å². The van der Waals surface area contributed by atoms with E-state index in [1.54, 1.807) is 13.1 Å². The van der Waals surface area contributed by atoms with E-state index in [0.29, 0.717) is 17.3 Å². The van der Waals surface area contributed by atoms with Crippen molar-refractivity contribution in [3.05, 3.63) is 29.8 Å². The van der Waals surface area contributed by atoms with Crippen molar-refractivity contribution >= 4 is 23.2 Å². The Balaban J connectivity index is 1.51. The quantitative estimate of drug-likeness (QED) is 0.597. The molecule has 3 heterocycles. The fourth-order valence-corrected chi connectivity index (χ4v) is 3.85. The molecule has 0 atom stereocenters. The van der Waals surface area contributed by atoms with E-state index >= 15 is 0 Å². The summed E-state index contributed by atoms with van der Waals surface area (Å²) in [6.45, 7) is 1.08. The minimum atomic E-state index is -0.298. The maximum Gasteiger partial charge on any atom is 0.273 e. The molecule has 2 fully saturated rings. The minimum Gasteiger partial charge on any atom is -0.380 e. The average molecular weight is 379 g/mol. The van der Waals surface area contributed by atoms with E-state index in [2.05, 4.69) is 41.4 Å². The first kappa shape index (κ1) is 18.1. The molecule has 0 aromatic carbocycles. The number of aromatic nitrogens is 4. The molecule has 4 rings (SSSR count). The fraction of sp³-hybridized carbons (Fsp3) is 0.444. The second kappa shape index (κ2) is 7.36. The molecule has 28 heavy (non-hydrogen) atoms. The Kier molecular flexibility index (Phi) is 4.75. The first-order chi connectivity index (χ1) is 13.6. The van der Waals surface area contributed by atoms with Crippen LogP contribution in [0.2, 0.25) is 0 Å². The average Bonchev–Trinajstić information content (AvgIpc) is 3.18. The summed E-state index contributed by atoms with van der Waals surface area (Å²) in [5, 5.41) is 29.6. The van der Waals surface area contributed by atoms with Gasteiger partial charge in [-0.05, 0) is 32.2 Å². The van der Waals surface area contributed by atoms with Gasteiger partial charge in [-0.25, -0.2) is 9.97 Å². The van der Waals surface area contributed by atoms with Gasteiger partial charge in [-0.3, -0.25) is 4.79 Å². The molecule has 2 aromatic rings. The summed E-state index contributed by atoms with van der Waals surface area (Å²) in [5.41, 5.74) is 1.36. The van der Waals surface area contributed by atoms with E-state index in [9.17, 15) is 4.79 Å². The molecule has 1 aliphatic carbocycles. The van der Waals surface area contributed by atoms with Gasteiger partial charge in [-0.15, -0.1) is 10.2 Å². The zero-order valence-corrected chi connectivity index (χ0v) is 15.5. The zero-order valence-electron chi connectivity index (χ0n) is 15.5. The third-order valence-electron chi connectivity index (χ3n) is 5.22. The van der Waals surface area contributed by atoms with Crippen molar-refractivity contribution < 1.29 is 4.79 Å². The Morgan fingerprint density at radius 1 is 1.29 bits per heavy atom. The molecule has 0 unspecified atom stereocenters. The van der Waals surface area contributed by atoms with E-state index < -0.39 is 0 Å². The number of hydrogen-bond acceptors (Lipinski definition) is 9. The van der Waals surface area contributed by atoms with Crippen molar-refractivity contribution in [2.24, 2.45) is 0 Å². The number of nitrogens with one attached hydrogen (secondary N) is 4. The molecule has 4 N–H and O–H groups in total. The molecule has 0 radical (unpaired) electrons. The first-order valence-electron chi connectivity index (χ1n) is 9.21. The van der Waals surface area contributed by atoms with Gasteiger partial charge < -0.3 is 21.3 Å². The zero-order chi connectivity index (χ0) is 19.6. The second-order valence-electron chi connectivity index (χ2n) is 7.15. The monoisotopic (exact) mass is 379 g/mol. The second-order valence-corrected chi connectivity index (χ2v) is 7.15. The molecule has 1 spiro atoms. The van der Waals surface area contributed by atoms with Crippen LogP contribution in [0.15, 0.2) is 18.5 Å². The van der Waals surface area contributed by atoms with Gasteiger partial charge in [0.2, 0.25) is 0 Å². The third-order valence-corrected chi connectivity index (χ3v) is 5.22. The molecule has 2 aromatic heterocycles. The fourth-order valence-electron chi connectivity index (χ4n) is 3.85. The highest BCUT2D eigenvalue weighted by atomic mass is 16.1. The maximum absolute atomic E-state index is 12.2. The SMILES string of the molecule is CNC(=O)c1nnc(Nc2cnc(C#N)cn2)cc1NC1CC2(CCCN2)C1. The molecule has 2 aliphatic rings. The highest BCUT2D eigenvalue weighted by Crippen LogP contribution is 2.41. The van der Waals surface area contributed by atoms with E-state index in [1.807, 2.05) is 6.07 Å². The largest absolute Gasteiger partial charge is 0.380 e. The minimum absolute atomic E-state index is 0.230. The number of amides is 1. The van der Waals surface area contributed by atoms with Crippen molar-refractivity contribution in [3.63, 3.8) is 0 Å². The van der Waals surface area contributed by atoms with Gasteiger partial charge in [0.15, 0.2) is 17.2 Å². The standard InChI is InChI=1S/C18H21N9O/c1-20-17(28)16-13(24-11-6-18(7-11)3-2-4-23-18)5-14(26-27-16)25-15-10-21-12(8-19)9-22-15/h5,9-11,23H,2-4,6-7H2,1H3,(H,20,28)(H2,22,24,25,26). The van der Waals surface area contributed by atoms with E-state index in [-0.39, 0.29) is 28.9 Å². The van der Waals surface area contributed by atoms with E-state index in [0.717, 1.165) is 19.4 Å². The summed E-state index contributed by atoms with van der Waals surface area (Å²) in [5.74, 6) is 0.569. The lowest BCUT2D eigenvalue weighted by Crippen LogP contribution is -2.56. The van der Waals surface area contributed by atoms with Crippen molar-refractivity contribution in [2.45, 2.75) is 37.3 Å². The molecule has 1 amide bonds. The summed E-state index contributed by atoms with van der Waals surface area (Å²) in [7, 11) is 1.56. The lowest BCUT2D eigenvalue weighted by atomic mass is 9.71. The molecule has 1 saturated heterocycles. The molecule has 1 saturated carbocycles. The molecular weight excluding hydrogens is 358 g/mol. The highest BCUT2D eigenvalue weighted by Gasteiger charge is 2.45. The van der Waals surface area contributed by atoms with Gasteiger partial charge in [-0.1, -0.05) is 0 Å². The Bertz CT molecular complexity index is 908. The summed E-state index contributed by atoms with van der Waals surface area (Å²) in [4.78, 5) is 20.3. The molecule has 0 bridgehead atoms. The summed E-state index contributed by atoms with van der Waals surface area (Å²) in [6, 6.07) is 3.94. The number of hydrogen-bond donors (Lipinski definition) is 4. The Hall–Kier alpha value is -3.32. The number of carbonyl (C=O) groups is 1. The smallest absolute Gasteiger partial charge is 0.273 e. The molecule has 1 aliphatic heterocycles. The van der Waals surface area contributed by atoms with Crippen molar-refractivity contribution in [3.8, 4) is 6.07 Å². The molecular formula is C18H21N9O. The molecule has 10 heteroatoms. The topological polar surface area (TPSA) is 141 Å². The molecule has 144 valence electrons. The lowest BCUT2D eigenvalue weighted by Gasteiger charge is -2.46. The summed E-state index contributed by atoms with van der Waals surface area (Å²) in [6.07, 6.45) is 7.27. The Morgan fingerprint density at radius 2 is 2.14 bits per heavy atom. The third kappa shape index (κ3) is 3.57. The van der Waals surface area contributed by atoms with Crippen molar-refractivity contribution in [1.29, 1.82) is 5.26 Å². The van der Waals surface area contributed by atoms with Gasteiger partial charge >= 0.3 is 0 Å². The number of anilines is 3. The number of nitriles is 1. The van der Waals surface area contributed by atoms with Crippen LogP contribution in [0.5, 0.6) is 0 Å². The molecule has 10 nitrogen and oxygen atoms in total. The Labute approximate surface area is 162 Å². The van der Waals surface area contributed by atoms with Crippen LogP contribution in [0.3, 0.4) is 0 Å². The van der Waals surface area contributed by atoms with Crippen LogP contribution >= 0.6 is 0 Å². The van der Waals surface area contributed by atoms with Gasteiger partial charge in [-0.2, -0.15) is 5.26 Å². The van der Waals surface area contributed by atoms with Crippen LogP contribution in [-0.2, 0) is 0 Å². The predicted octanol–water partition coefficient (Wildman–Crippen LogP) is 0.938. The van der Waals surface area contributed by atoms with E-state index in [4.69, 9.17) is 5.26 Å². The Morgan fingerprint density at radius 3 is 2.79 bits per heavy atom. The van der Waals surface area contributed by atoms with Crippen LogP contribution in [-0.4, -0.2) is 51.2 Å². The van der Waals surface area contributed by atoms with Gasteiger partial charge in [0.25, 0.3) is 5.91 Å². The van der Waals surface area contributed by atoms with E-state index in [1.165, 1.54) is 25.2 Å². The van der Waals surface area contributed by atoms with Crippen LogP contribution in [0.25, 0.3) is 0 Å². The van der Waals surface area contributed by atoms with Gasteiger partial charge in [0.05, 0.1) is 18.1 Å². The number of nitrogens with zero attached hydrogens (tertiary/aromatic N) is 5. The first-order valence-corrected chi connectivity index (χ1v) is 9.21. The van der Waals surface area contributed by atoms with Crippen LogP contribution in [0, 0.1) is 11.3 Å². The highest BCUT2D eigenvalue weighted by molar-refractivity contribution is 5.97. The van der Waals surface area contributed by atoms with Crippen molar-refractivity contribution in [2.75, 3.05) is 24.2 Å². The van der Waals surface area contributed by atoms with Crippen LogP contribution in [0.4, 0.5) is 17.3 Å². The van der Waals surface area contributed by atoms with Crippen LogP contribution in [0.1, 0.15) is 41.9 Å². The summed E-state index contributed by atoms with van der Waals surface area (Å²) < 4.78 is 0. The normalized spacial score (nSPS) is 22.9. The number of rotatable bonds is 5. The lowest BCUT2D eigenvalue weighted by molar-refractivity contribution is 0.0958.